The van der Waals surface area contributed by atoms with E-state index in [4.69, 9.17) is 18.9 Å². The summed E-state index contributed by atoms with van der Waals surface area (Å²) < 4.78 is 142. The second-order valence-corrected chi connectivity index (χ2v) is 15.6. The maximum absolute atomic E-state index is 14.3. The topological polar surface area (TPSA) is 158 Å². The van der Waals surface area contributed by atoms with Crippen LogP contribution in [0.1, 0.15) is 181 Å². The number of hydrogen-bond donors (Lipinski definition) is 0. The summed E-state index contributed by atoms with van der Waals surface area (Å²) in [4.78, 5) is 70.9. The molecule has 0 saturated carbocycles. The van der Waals surface area contributed by atoms with Gasteiger partial charge in [0.15, 0.2) is 13.2 Å². The van der Waals surface area contributed by atoms with Gasteiger partial charge in [0.05, 0.1) is 52.1 Å². The predicted molar refractivity (Wildman–Crippen MR) is 217 cm³/mol. The third-order valence-corrected chi connectivity index (χ3v) is 9.81. The van der Waals surface area contributed by atoms with Gasteiger partial charge in [-0.25, -0.2) is 0 Å². The first kappa shape index (κ1) is 60.3. The Kier molecular flexibility index (Phi) is 32.6. The van der Waals surface area contributed by atoms with Gasteiger partial charge in [-0.3, -0.25) is 28.8 Å². The second-order valence-electron chi connectivity index (χ2n) is 15.6. The van der Waals surface area contributed by atoms with Crippen LogP contribution in [0.3, 0.4) is 0 Å². The molecular weight excluding hydrogens is 872 g/mol. The third kappa shape index (κ3) is 27.6. The molecule has 0 aromatic heterocycles. The zero-order valence-corrected chi connectivity index (χ0v) is 37.6. The molecule has 0 heterocycles. The van der Waals surface area contributed by atoms with Crippen LogP contribution in [0.5, 0.6) is 0 Å². The standard InChI is InChI=1S/C44H70F8O12/c1-3-5-7-9-11-13-19-29-59-35(53)23-17-15-21-31-61-37(55)25-27-39(57)63-33-41(45,46)43(49,50)44(51,52)42(47,48)34-64-40(58)28-26-38(56)62-32-22-16-18-24-36(54)60-30-20-14-12-10-8-6-4-2/h3-34H2,1-2H3. The smallest absolute Gasteiger partial charge is 0.381 e. The quantitative estimate of drug-likeness (QED) is 0.0248. The van der Waals surface area contributed by atoms with Gasteiger partial charge >= 0.3 is 59.5 Å². The second kappa shape index (κ2) is 34.6. The van der Waals surface area contributed by atoms with Crippen molar-refractivity contribution in [3.63, 3.8) is 0 Å². The fourth-order valence-corrected chi connectivity index (χ4v) is 5.78. The molecule has 64 heavy (non-hydrogen) atoms. The lowest BCUT2D eigenvalue weighted by Gasteiger charge is -2.36. The number of carbonyl (C=O) groups excluding carboxylic acids is 6. The molecule has 0 amide bonds. The zero-order chi connectivity index (χ0) is 48.3. The van der Waals surface area contributed by atoms with Crippen LogP contribution in [0.4, 0.5) is 35.1 Å². The summed E-state index contributed by atoms with van der Waals surface area (Å²) in [6.07, 6.45) is 14.3. The molecule has 0 aromatic rings. The van der Waals surface area contributed by atoms with Gasteiger partial charge in [-0.1, -0.05) is 90.9 Å². The molecule has 0 aliphatic carbocycles. The molecule has 0 saturated heterocycles. The highest BCUT2D eigenvalue weighted by atomic mass is 19.4. The monoisotopic (exact) mass is 942 g/mol. The first-order valence-corrected chi connectivity index (χ1v) is 22.7. The molecule has 0 spiro atoms. The average molecular weight is 943 g/mol. The van der Waals surface area contributed by atoms with E-state index in [0.29, 0.717) is 51.7 Å². The number of alkyl halides is 8. The molecule has 0 aliphatic rings. The predicted octanol–water partition coefficient (Wildman–Crippen LogP) is 11.0. The summed E-state index contributed by atoms with van der Waals surface area (Å²) in [6.45, 7) is -0.877. The van der Waals surface area contributed by atoms with Gasteiger partial charge in [0.1, 0.15) is 0 Å². The largest absolute Gasteiger partial charge is 0.466 e. The van der Waals surface area contributed by atoms with Crippen molar-refractivity contribution in [1.82, 2.24) is 0 Å². The molecule has 0 aromatic carbocycles. The van der Waals surface area contributed by atoms with Crippen molar-refractivity contribution in [2.75, 3.05) is 39.6 Å². The Bertz CT molecular complexity index is 1240. The highest BCUT2D eigenvalue weighted by molar-refractivity contribution is 5.78. The fraction of sp³-hybridized carbons (Fsp3) is 0.864. The summed E-state index contributed by atoms with van der Waals surface area (Å²) >= 11 is 0. The summed E-state index contributed by atoms with van der Waals surface area (Å²) in [5.41, 5.74) is 0. The van der Waals surface area contributed by atoms with Crippen molar-refractivity contribution in [3.05, 3.63) is 0 Å². The van der Waals surface area contributed by atoms with E-state index in [1.54, 1.807) is 0 Å². The van der Waals surface area contributed by atoms with Crippen LogP contribution in [0.25, 0.3) is 0 Å². The Balaban J connectivity index is 4.35. The normalized spacial score (nSPS) is 12.1. The van der Waals surface area contributed by atoms with Crippen LogP contribution < -0.4 is 0 Å². The first-order chi connectivity index (χ1) is 30.2. The Morgan fingerprint density at radius 1 is 0.297 bits per heavy atom. The van der Waals surface area contributed by atoms with Gasteiger partial charge in [0.25, 0.3) is 0 Å². The van der Waals surface area contributed by atoms with Crippen molar-refractivity contribution in [2.24, 2.45) is 0 Å². The molecule has 12 nitrogen and oxygen atoms in total. The van der Waals surface area contributed by atoms with Crippen molar-refractivity contribution >= 4 is 35.8 Å². The minimum Gasteiger partial charge on any atom is -0.466 e. The Hall–Kier alpha value is -3.74. The lowest BCUT2D eigenvalue weighted by atomic mass is 9.99. The lowest BCUT2D eigenvalue weighted by Crippen LogP contribution is -2.64. The molecule has 0 N–H and O–H groups in total. The molecule has 0 atom stereocenters. The van der Waals surface area contributed by atoms with E-state index < -0.39 is 86.5 Å². The van der Waals surface area contributed by atoms with Crippen LogP contribution in [-0.2, 0) is 57.2 Å². The van der Waals surface area contributed by atoms with Crippen molar-refractivity contribution in [3.8, 4) is 0 Å². The van der Waals surface area contributed by atoms with Crippen LogP contribution >= 0.6 is 0 Å². The van der Waals surface area contributed by atoms with Crippen molar-refractivity contribution in [1.29, 1.82) is 0 Å². The van der Waals surface area contributed by atoms with Gasteiger partial charge in [-0.15, -0.1) is 0 Å². The van der Waals surface area contributed by atoms with E-state index in [1.165, 1.54) is 25.7 Å². The highest BCUT2D eigenvalue weighted by Crippen LogP contribution is 2.52. The van der Waals surface area contributed by atoms with Gasteiger partial charge < -0.3 is 28.4 Å². The number of rotatable bonds is 41. The average Bonchev–Trinajstić information content (AvgIpc) is 3.24. The SMILES string of the molecule is CCCCCCCCCOC(=O)CCCCCOC(=O)CCC(=O)OCC(F)(F)C(F)(F)C(F)(F)C(F)(F)COC(=O)CCC(=O)OCCCCCC(=O)OCCCCCCCCC. The summed E-state index contributed by atoms with van der Waals surface area (Å²) in [7, 11) is 0. The number of hydrogen-bond acceptors (Lipinski definition) is 12. The summed E-state index contributed by atoms with van der Waals surface area (Å²) in [5, 5.41) is 0. The van der Waals surface area contributed by atoms with Crippen molar-refractivity contribution < 1.29 is 92.3 Å². The van der Waals surface area contributed by atoms with E-state index in [-0.39, 0.29) is 38.0 Å². The molecule has 0 aliphatic heterocycles. The summed E-state index contributed by atoms with van der Waals surface area (Å²) in [6, 6.07) is 0. The van der Waals surface area contributed by atoms with Gasteiger partial charge in [-0.05, 0) is 51.4 Å². The molecule has 0 bridgehead atoms. The minimum absolute atomic E-state index is 0.140. The van der Waals surface area contributed by atoms with Gasteiger partial charge in [-0.2, -0.15) is 35.1 Å². The fourth-order valence-electron chi connectivity index (χ4n) is 5.78. The number of ether oxygens (including phenoxy) is 6. The van der Waals surface area contributed by atoms with E-state index in [0.717, 1.165) is 64.2 Å². The number of unbranched alkanes of at least 4 members (excludes halogenated alkanes) is 16. The van der Waals surface area contributed by atoms with Crippen LogP contribution in [0.15, 0.2) is 0 Å². The Morgan fingerprint density at radius 3 is 0.797 bits per heavy atom. The first-order valence-electron chi connectivity index (χ1n) is 22.7. The highest BCUT2D eigenvalue weighted by Gasteiger charge is 2.81. The Labute approximate surface area is 371 Å². The number of carbonyl (C=O) groups is 6. The van der Waals surface area contributed by atoms with Gasteiger partial charge in [0.2, 0.25) is 0 Å². The molecule has 0 unspecified atom stereocenters. The zero-order valence-electron chi connectivity index (χ0n) is 37.6. The minimum atomic E-state index is -6.85. The Morgan fingerprint density at radius 2 is 0.516 bits per heavy atom. The van der Waals surface area contributed by atoms with E-state index in [1.807, 2.05) is 0 Å². The van der Waals surface area contributed by atoms with Crippen molar-refractivity contribution in [2.45, 2.75) is 204 Å². The van der Waals surface area contributed by atoms with E-state index in [9.17, 15) is 63.9 Å². The molecular formula is C44H70F8O12. The van der Waals surface area contributed by atoms with Gasteiger partial charge in [0, 0.05) is 12.8 Å². The van der Waals surface area contributed by atoms with Crippen LogP contribution in [-0.4, -0.2) is 99.1 Å². The molecule has 0 rings (SSSR count). The lowest BCUT2D eigenvalue weighted by molar-refractivity contribution is -0.374. The molecule has 0 fully saturated rings. The molecule has 20 heteroatoms. The maximum Gasteiger partial charge on any atom is 0.381 e. The maximum atomic E-state index is 14.3. The molecule has 374 valence electrons. The summed E-state index contributed by atoms with van der Waals surface area (Å²) in [5.74, 6) is -32.0. The van der Waals surface area contributed by atoms with Crippen LogP contribution in [0, 0.1) is 0 Å². The number of esters is 6. The number of halogens is 8. The third-order valence-electron chi connectivity index (χ3n) is 9.81. The van der Waals surface area contributed by atoms with E-state index in [2.05, 4.69) is 23.3 Å². The van der Waals surface area contributed by atoms with E-state index >= 15 is 0 Å². The van der Waals surface area contributed by atoms with Crippen LogP contribution in [0.2, 0.25) is 0 Å². The molecule has 0 radical (unpaired) electrons.